The average Bonchev–Trinajstić information content (AvgIpc) is 3.52. The largest absolute Gasteiger partial charge is 0.481 e. The summed E-state index contributed by atoms with van der Waals surface area (Å²) in [6.07, 6.45) is -0.0106. The van der Waals surface area contributed by atoms with Gasteiger partial charge in [0.2, 0.25) is 0 Å². The van der Waals surface area contributed by atoms with Crippen LogP contribution in [0.15, 0.2) is 0 Å². The van der Waals surface area contributed by atoms with Gasteiger partial charge in [-0.1, -0.05) is 0 Å². The number of hydrogen-bond donors (Lipinski definition) is 2. The highest BCUT2D eigenvalue weighted by atomic mass is 16.6. The SMILES string of the molecule is NCCOCCOCCOCCOCCOCCOCCOCCOCCOCCOCCOCCOCCOCCOCCOCCOCCOCCOCCOCCOCCOCCOCCOCCOCCOCCOCCOCCC(=O)O. The van der Waals surface area contributed by atoms with Crippen molar-refractivity contribution in [3.05, 3.63) is 0 Å². The summed E-state index contributed by atoms with van der Waals surface area (Å²) in [5.41, 5.74) is 5.35. The highest BCUT2D eigenvalue weighted by Gasteiger charge is 2.02. The molecule has 0 unspecified atom stereocenters. The van der Waals surface area contributed by atoms with Crippen LogP contribution in [0.25, 0.3) is 0 Å². The first-order chi connectivity index (χ1) is 43.3. The summed E-state index contributed by atoms with van der Waals surface area (Å²) in [7, 11) is 0. The van der Waals surface area contributed by atoms with Crippen LogP contribution in [-0.4, -0.2) is 374 Å². The van der Waals surface area contributed by atoms with Crippen molar-refractivity contribution in [1.29, 1.82) is 0 Å². The number of hydrogen-bond acceptors (Lipinski definition) is 29. The Morgan fingerprint density at radius 1 is 0.161 bits per heavy atom. The maximum absolute atomic E-state index is 10.4. The lowest BCUT2D eigenvalue weighted by Gasteiger charge is -2.09. The van der Waals surface area contributed by atoms with Crippen molar-refractivity contribution in [2.75, 3.05) is 363 Å². The minimum absolute atomic E-state index is 0.0106. The molecule has 0 saturated carbocycles. The van der Waals surface area contributed by atoms with Crippen LogP contribution in [-0.2, 0) is 133 Å². The quantitative estimate of drug-likeness (QED) is 0.0749. The molecule has 0 aliphatic carbocycles. The Morgan fingerprint density at radius 3 is 0.322 bits per heavy atom. The minimum Gasteiger partial charge on any atom is -0.481 e. The lowest BCUT2D eigenvalue weighted by atomic mass is 10.5. The molecule has 87 heavy (non-hydrogen) atoms. The fourth-order valence-electron chi connectivity index (χ4n) is 6.06. The van der Waals surface area contributed by atoms with Crippen LogP contribution in [0.4, 0.5) is 0 Å². The predicted molar refractivity (Wildman–Crippen MR) is 313 cm³/mol. The molecule has 0 radical (unpaired) electrons. The lowest BCUT2D eigenvalue weighted by Crippen LogP contribution is -2.16. The minimum atomic E-state index is -0.880. The van der Waals surface area contributed by atoms with Gasteiger partial charge in [0.05, 0.1) is 363 Å². The molecule has 30 heteroatoms. The van der Waals surface area contributed by atoms with Crippen molar-refractivity contribution in [2.24, 2.45) is 5.73 Å². The summed E-state index contributed by atoms with van der Waals surface area (Å²) in [6, 6.07) is 0. The molecule has 0 aliphatic rings. The molecule has 0 atom stereocenters. The first kappa shape index (κ1) is 85.3. The van der Waals surface area contributed by atoms with Gasteiger partial charge in [0.25, 0.3) is 0 Å². The molecule has 522 valence electrons. The van der Waals surface area contributed by atoms with Crippen LogP contribution >= 0.6 is 0 Å². The molecule has 0 saturated heterocycles. The second-order valence-corrected chi connectivity index (χ2v) is 17.5. The zero-order valence-corrected chi connectivity index (χ0v) is 52.6. The first-order valence-corrected chi connectivity index (χ1v) is 30.8. The second kappa shape index (κ2) is 82.4. The third-order valence-electron chi connectivity index (χ3n) is 10.4. The Morgan fingerprint density at radius 2 is 0.241 bits per heavy atom. The monoisotopic (exact) mass is 1280 g/mol. The van der Waals surface area contributed by atoms with Crippen LogP contribution in [0.3, 0.4) is 0 Å². The Kier molecular flexibility index (Phi) is 80.8. The van der Waals surface area contributed by atoms with Crippen LogP contribution in [0.1, 0.15) is 6.42 Å². The number of aliphatic carboxylic acids is 1. The van der Waals surface area contributed by atoms with Gasteiger partial charge in [0.15, 0.2) is 0 Å². The molecule has 3 N–H and O–H groups in total. The highest BCUT2D eigenvalue weighted by Crippen LogP contribution is 1.92. The molecular formula is C57H115NO29. The van der Waals surface area contributed by atoms with Crippen molar-refractivity contribution in [3.63, 3.8) is 0 Å². The number of carboxylic acids is 1. The van der Waals surface area contributed by atoms with Crippen LogP contribution in [0, 0.1) is 0 Å². The number of nitrogens with two attached hydrogens (primary N) is 1. The number of carbonyl (C=O) groups is 1. The zero-order chi connectivity index (χ0) is 62.3. The van der Waals surface area contributed by atoms with Crippen molar-refractivity contribution in [2.45, 2.75) is 6.42 Å². The van der Waals surface area contributed by atoms with Gasteiger partial charge in [0.1, 0.15) is 0 Å². The predicted octanol–water partition coefficient (Wildman–Crippen LogP) is -0.132. The van der Waals surface area contributed by atoms with E-state index in [2.05, 4.69) is 0 Å². The summed E-state index contributed by atoms with van der Waals surface area (Å²) >= 11 is 0. The molecule has 0 aliphatic heterocycles. The molecule has 0 rings (SSSR count). The first-order valence-electron chi connectivity index (χ1n) is 30.8. The molecule has 30 nitrogen and oxygen atoms in total. The molecule has 0 spiro atoms. The molecule has 0 aromatic rings. The topological polar surface area (TPSA) is 313 Å². The number of ether oxygens (including phenoxy) is 27. The van der Waals surface area contributed by atoms with E-state index in [0.29, 0.717) is 357 Å². The van der Waals surface area contributed by atoms with E-state index in [4.69, 9.17) is 139 Å². The van der Waals surface area contributed by atoms with E-state index >= 15 is 0 Å². The Balaban J connectivity index is 3.09. The average molecular weight is 1280 g/mol. The molecule has 0 aromatic heterocycles. The van der Waals surface area contributed by atoms with E-state index in [9.17, 15) is 4.79 Å². The summed E-state index contributed by atoms with van der Waals surface area (Å²) in [5.74, 6) is -0.880. The summed E-state index contributed by atoms with van der Waals surface area (Å²) < 4.78 is 148. The third kappa shape index (κ3) is 84.3. The van der Waals surface area contributed by atoms with Gasteiger partial charge >= 0.3 is 5.97 Å². The van der Waals surface area contributed by atoms with Gasteiger partial charge in [0, 0.05) is 6.54 Å². The van der Waals surface area contributed by atoms with E-state index in [1.165, 1.54) is 0 Å². The Labute approximate surface area is 518 Å². The van der Waals surface area contributed by atoms with E-state index < -0.39 is 5.97 Å². The summed E-state index contributed by atoms with van der Waals surface area (Å²) in [5, 5.41) is 8.52. The van der Waals surface area contributed by atoms with Crippen molar-refractivity contribution >= 4 is 5.97 Å². The van der Waals surface area contributed by atoms with Crippen molar-refractivity contribution < 1.29 is 138 Å². The maximum atomic E-state index is 10.4. The summed E-state index contributed by atoms with van der Waals surface area (Å²) in [6.45, 7) is 26.2. The normalized spacial score (nSPS) is 11.7. The Hall–Kier alpha value is -1.65. The fraction of sp³-hybridized carbons (Fsp3) is 0.982. The van der Waals surface area contributed by atoms with Gasteiger partial charge < -0.3 is 139 Å². The van der Waals surface area contributed by atoms with Crippen LogP contribution in [0.5, 0.6) is 0 Å². The molecule has 0 amide bonds. The molecule has 0 bridgehead atoms. The molecule has 0 heterocycles. The third-order valence-corrected chi connectivity index (χ3v) is 10.4. The van der Waals surface area contributed by atoms with Crippen LogP contribution < -0.4 is 5.73 Å². The smallest absolute Gasteiger partial charge is 0.305 e. The van der Waals surface area contributed by atoms with Gasteiger partial charge in [-0.3, -0.25) is 4.79 Å². The van der Waals surface area contributed by atoms with Gasteiger partial charge in [-0.15, -0.1) is 0 Å². The second-order valence-electron chi connectivity index (χ2n) is 17.5. The van der Waals surface area contributed by atoms with E-state index in [-0.39, 0.29) is 13.0 Å². The van der Waals surface area contributed by atoms with Gasteiger partial charge in [-0.25, -0.2) is 0 Å². The van der Waals surface area contributed by atoms with Gasteiger partial charge in [-0.2, -0.15) is 0 Å². The van der Waals surface area contributed by atoms with Crippen molar-refractivity contribution in [1.82, 2.24) is 0 Å². The molecule has 0 aromatic carbocycles. The van der Waals surface area contributed by atoms with E-state index in [1.54, 1.807) is 0 Å². The maximum Gasteiger partial charge on any atom is 0.305 e. The summed E-state index contributed by atoms with van der Waals surface area (Å²) in [4.78, 5) is 10.4. The highest BCUT2D eigenvalue weighted by molar-refractivity contribution is 5.66. The Bertz CT molecular complexity index is 1240. The fourth-order valence-corrected chi connectivity index (χ4v) is 6.06. The van der Waals surface area contributed by atoms with E-state index in [1.807, 2.05) is 0 Å². The van der Waals surface area contributed by atoms with Crippen LogP contribution in [0.2, 0.25) is 0 Å². The van der Waals surface area contributed by atoms with E-state index in [0.717, 1.165) is 0 Å². The molecule has 0 fully saturated rings. The lowest BCUT2D eigenvalue weighted by molar-refractivity contribution is -0.138. The standard InChI is InChI=1S/C57H115NO29/c58-2-4-62-6-8-64-10-12-66-14-16-68-18-20-70-22-24-72-26-28-74-30-32-76-34-36-78-38-40-80-42-44-82-46-48-84-50-52-86-54-56-87-55-53-85-51-49-83-47-45-81-43-41-79-39-37-77-35-33-75-31-29-73-27-25-71-23-21-69-19-17-67-15-13-65-11-9-63-7-5-61-3-1-57(59)60/h1-56,58H2,(H,59,60). The van der Waals surface area contributed by atoms with Crippen molar-refractivity contribution in [3.8, 4) is 0 Å². The van der Waals surface area contributed by atoms with Gasteiger partial charge in [-0.05, 0) is 0 Å². The molecular weight excluding hydrogens is 1160 g/mol. The number of carboxylic acid groups (broad SMARTS) is 1. The zero-order valence-electron chi connectivity index (χ0n) is 52.6. The number of rotatable bonds is 83.